The maximum absolute atomic E-state index is 11.8. The zero-order chi connectivity index (χ0) is 9.42. The average Bonchev–Trinajstić information content (AvgIpc) is 2.45. The Morgan fingerprint density at radius 1 is 1.23 bits per heavy atom. The third kappa shape index (κ3) is 1.31. The normalized spacial score (nSPS) is 14.6. The molecule has 0 bridgehead atoms. The van der Waals surface area contributed by atoms with Gasteiger partial charge in [0.25, 0.3) is 0 Å². The molecule has 1 aromatic rings. The van der Waals surface area contributed by atoms with Crippen molar-refractivity contribution in [3.05, 3.63) is 40.3 Å². The minimum atomic E-state index is 0.181. The third-order valence-corrected chi connectivity index (χ3v) is 3.38. The number of carbonyl (C=O) groups is 1. The van der Waals surface area contributed by atoms with Crippen LogP contribution in [0.3, 0.4) is 0 Å². The van der Waals surface area contributed by atoms with Crippen LogP contribution in [0.4, 0.5) is 0 Å². The zero-order valence-corrected chi connectivity index (χ0v) is 8.44. The quantitative estimate of drug-likeness (QED) is 0.584. The Balaban J connectivity index is 2.57. The summed E-state index contributed by atoms with van der Waals surface area (Å²) in [5.41, 5.74) is 1.95. The fourth-order valence-electron chi connectivity index (χ4n) is 1.35. The van der Waals surface area contributed by atoms with E-state index in [1.165, 1.54) is 0 Å². The van der Waals surface area contributed by atoms with Gasteiger partial charge in [-0.15, -0.1) is 0 Å². The molecule has 0 saturated heterocycles. The van der Waals surface area contributed by atoms with Crippen LogP contribution in [0.15, 0.2) is 39.6 Å². The van der Waals surface area contributed by atoms with E-state index in [2.05, 4.69) is 0 Å². The van der Waals surface area contributed by atoms with Gasteiger partial charge in [0.05, 0.1) is 4.91 Å². The highest BCUT2D eigenvalue weighted by molar-refractivity contribution is 8.04. The van der Waals surface area contributed by atoms with Gasteiger partial charge in [-0.3, -0.25) is 4.79 Å². The molecule has 0 unspecified atom stereocenters. The minimum absolute atomic E-state index is 0.181. The molecule has 66 valence electrons. The van der Waals surface area contributed by atoms with E-state index in [9.17, 15) is 4.79 Å². The number of carbonyl (C=O) groups excluding carboxylic acids is 1. The lowest BCUT2D eigenvalue weighted by atomic mass is 10.1. The highest BCUT2D eigenvalue weighted by Crippen LogP contribution is 2.40. The second kappa shape index (κ2) is 3.04. The van der Waals surface area contributed by atoms with Crippen molar-refractivity contribution >= 4 is 17.5 Å². The molecule has 0 aliphatic carbocycles. The smallest absolute Gasteiger partial charge is 0.200 e. The van der Waals surface area contributed by atoms with Crippen LogP contribution in [0.1, 0.15) is 24.2 Å². The van der Waals surface area contributed by atoms with Gasteiger partial charge in [0.1, 0.15) is 0 Å². The summed E-state index contributed by atoms with van der Waals surface area (Å²) in [6.07, 6.45) is 0. The Kier molecular flexibility index (Phi) is 2.00. The van der Waals surface area contributed by atoms with Gasteiger partial charge in [0.15, 0.2) is 0 Å². The fraction of sp³-hybridized carbons (Fsp3) is 0.182. The first-order chi connectivity index (χ1) is 6.20. The monoisotopic (exact) mass is 190 g/mol. The van der Waals surface area contributed by atoms with Gasteiger partial charge in [0.2, 0.25) is 5.78 Å². The number of hydrogen-bond acceptors (Lipinski definition) is 2. The van der Waals surface area contributed by atoms with Gasteiger partial charge in [-0.25, -0.2) is 0 Å². The Morgan fingerprint density at radius 3 is 2.54 bits per heavy atom. The van der Waals surface area contributed by atoms with E-state index in [-0.39, 0.29) is 5.78 Å². The first-order valence-electron chi connectivity index (χ1n) is 4.19. The van der Waals surface area contributed by atoms with Gasteiger partial charge >= 0.3 is 0 Å². The van der Waals surface area contributed by atoms with Crippen molar-refractivity contribution in [3.63, 3.8) is 0 Å². The Labute approximate surface area is 81.8 Å². The van der Waals surface area contributed by atoms with Crippen LogP contribution in [-0.2, 0) is 0 Å². The Hall–Kier alpha value is -1.02. The molecule has 1 aromatic carbocycles. The maximum atomic E-state index is 11.8. The van der Waals surface area contributed by atoms with Crippen LogP contribution in [-0.4, -0.2) is 5.78 Å². The number of allylic oxidation sites excluding steroid dienone is 2. The molecule has 1 aliphatic rings. The lowest BCUT2D eigenvalue weighted by Gasteiger charge is -1.94. The van der Waals surface area contributed by atoms with Crippen molar-refractivity contribution in [3.8, 4) is 0 Å². The molecule has 0 fully saturated rings. The summed E-state index contributed by atoms with van der Waals surface area (Å²) >= 11 is 1.58. The number of Topliss-reactive ketones (excluding diaryl/α,β-unsaturated/α-hetero) is 1. The zero-order valence-electron chi connectivity index (χ0n) is 7.63. The summed E-state index contributed by atoms with van der Waals surface area (Å²) < 4.78 is 0. The van der Waals surface area contributed by atoms with E-state index in [1.54, 1.807) is 11.8 Å². The molecule has 2 rings (SSSR count). The molecule has 1 heterocycles. The summed E-state index contributed by atoms with van der Waals surface area (Å²) in [4.78, 5) is 13.7. The second-order valence-electron chi connectivity index (χ2n) is 3.26. The van der Waals surface area contributed by atoms with Crippen LogP contribution in [0.25, 0.3) is 0 Å². The van der Waals surface area contributed by atoms with E-state index < -0.39 is 0 Å². The molecule has 0 N–H and O–H groups in total. The number of benzene rings is 1. The number of ketones is 1. The van der Waals surface area contributed by atoms with Crippen molar-refractivity contribution in [2.75, 3.05) is 0 Å². The van der Waals surface area contributed by atoms with Crippen LogP contribution < -0.4 is 0 Å². The Morgan fingerprint density at radius 2 is 1.92 bits per heavy atom. The summed E-state index contributed by atoms with van der Waals surface area (Å²) in [5.74, 6) is 0.181. The molecule has 0 radical (unpaired) electrons. The molecule has 0 saturated carbocycles. The van der Waals surface area contributed by atoms with Crippen LogP contribution in [0.2, 0.25) is 0 Å². The van der Waals surface area contributed by atoms with Gasteiger partial charge in [-0.2, -0.15) is 0 Å². The van der Waals surface area contributed by atoms with Crippen LogP contribution >= 0.6 is 11.8 Å². The lowest BCUT2D eigenvalue weighted by Crippen LogP contribution is -1.94. The summed E-state index contributed by atoms with van der Waals surface area (Å²) in [6, 6.07) is 7.76. The summed E-state index contributed by atoms with van der Waals surface area (Å²) in [7, 11) is 0. The molecule has 2 heteroatoms. The van der Waals surface area contributed by atoms with Gasteiger partial charge in [-0.1, -0.05) is 29.5 Å². The maximum Gasteiger partial charge on any atom is 0.200 e. The average molecular weight is 190 g/mol. The molecule has 0 spiro atoms. The molecular weight excluding hydrogens is 180 g/mol. The van der Waals surface area contributed by atoms with Gasteiger partial charge in [-0.05, 0) is 26.0 Å². The predicted octanol–water partition coefficient (Wildman–Crippen LogP) is 3.27. The van der Waals surface area contributed by atoms with Crippen LogP contribution in [0, 0.1) is 0 Å². The topological polar surface area (TPSA) is 17.1 Å². The van der Waals surface area contributed by atoms with Crippen molar-refractivity contribution in [2.24, 2.45) is 0 Å². The first kappa shape index (κ1) is 8.57. The van der Waals surface area contributed by atoms with E-state index in [1.807, 2.05) is 38.1 Å². The molecule has 13 heavy (non-hydrogen) atoms. The van der Waals surface area contributed by atoms with Gasteiger partial charge < -0.3 is 0 Å². The number of hydrogen-bond donors (Lipinski definition) is 0. The molecule has 0 atom stereocenters. The highest BCUT2D eigenvalue weighted by Gasteiger charge is 2.25. The van der Waals surface area contributed by atoms with E-state index in [0.717, 1.165) is 20.9 Å². The molecular formula is C11H10OS. The number of thioether (sulfide) groups is 1. The SMILES string of the molecule is CC(C)=C1Sc2ccccc2C1=O. The van der Waals surface area contributed by atoms with Crippen molar-refractivity contribution < 1.29 is 4.79 Å². The number of rotatable bonds is 0. The van der Waals surface area contributed by atoms with Crippen molar-refractivity contribution in [1.82, 2.24) is 0 Å². The van der Waals surface area contributed by atoms with E-state index in [0.29, 0.717) is 0 Å². The predicted molar refractivity (Wildman–Crippen MR) is 55.0 cm³/mol. The minimum Gasteiger partial charge on any atom is -0.288 e. The van der Waals surface area contributed by atoms with Gasteiger partial charge in [0, 0.05) is 10.5 Å². The fourth-order valence-corrected chi connectivity index (χ4v) is 2.39. The second-order valence-corrected chi connectivity index (χ2v) is 4.31. The van der Waals surface area contributed by atoms with Crippen molar-refractivity contribution in [1.29, 1.82) is 0 Å². The Bertz CT molecular complexity index is 400. The van der Waals surface area contributed by atoms with E-state index in [4.69, 9.17) is 0 Å². The first-order valence-corrected chi connectivity index (χ1v) is 5.01. The lowest BCUT2D eigenvalue weighted by molar-refractivity contribution is 0.104. The third-order valence-electron chi connectivity index (χ3n) is 2.00. The summed E-state index contributed by atoms with van der Waals surface area (Å²) in [6.45, 7) is 3.96. The molecule has 1 aliphatic heterocycles. The van der Waals surface area contributed by atoms with E-state index >= 15 is 0 Å². The summed E-state index contributed by atoms with van der Waals surface area (Å²) in [5, 5.41) is 0. The van der Waals surface area contributed by atoms with Crippen LogP contribution in [0.5, 0.6) is 0 Å². The molecule has 0 aromatic heterocycles. The standard InChI is InChI=1S/C11H10OS/c1-7(2)11-10(12)8-5-3-4-6-9(8)13-11/h3-6H,1-2H3. The van der Waals surface area contributed by atoms with Crippen molar-refractivity contribution in [2.45, 2.75) is 18.7 Å². The number of fused-ring (bicyclic) bond motifs is 1. The highest BCUT2D eigenvalue weighted by atomic mass is 32.2. The molecule has 0 amide bonds. The largest absolute Gasteiger partial charge is 0.288 e. The molecule has 1 nitrogen and oxygen atoms in total.